The van der Waals surface area contributed by atoms with Gasteiger partial charge in [-0.25, -0.2) is 8.42 Å². The molecule has 3 aromatic carbocycles. The SMILES string of the molecule is Cc1ccc([C@@H](NC(=O)c2cc(S(=O)(=O)N3CCCCC3)ccc2C)c2ccccc2)cc1. The second kappa shape index (κ2) is 9.89. The lowest BCUT2D eigenvalue weighted by molar-refractivity contribution is 0.0942. The molecule has 1 fully saturated rings. The number of hydrogen-bond donors (Lipinski definition) is 1. The van der Waals surface area contributed by atoms with Crippen molar-refractivity contribution in [3.63, 3.8) is 0 Å². The van der Waals surface area contributed by atoms with E-state index in [9.17, 15) is 13.2 Å². The van der Waals surface area contributed by atoms with E-state index < -0.39 is 10.0 Å². The summed E-state index contributed by atoms with van der Waals surface area (Å²) in [5.41, 5.74) is 4.18. The average Bonchev–Trinajstić information content (AvgIpc) is 2.84. The van der Waals surface area contributed by atoms with Gasteiger partial charge in [0.05, 0.1) is 10.9 Å². The van der Waals surface area contributed by atoms with Gasteiger partial charge in [-0.3, -0.25) is 4.79 Å². The summed E-state index contributed by atoms with van der Waals surface area (Å²) in [7, 11) is -3.62. The van der Waals surface area contributed by atoms with Crippen LogP contribution in [0.25, 0.3) is 0 Å². The van der Waals surface area contributed by atoms with Crippen LogP contribution in [0.3, 0.4) is 0 Å². The lowest BCUT2D eigenvalue weighted by Gasteiger charge is -2.26. The molecule has 3 aromatic rings. The Labute approximate surface area is 196 Å². The lowest BCUT2D eigenvalue weighted by atomic mass is 9.97. The second-order valence-corrected chi connectivity index (χ2v) is 10.6. The minimum Gasteiger partial charge on any atom is -0.341 e. The molecule has 0 radical (unpaired) electrons. The predicted octanol–water partition coefficient (Wildman–Crippen LogP) is 5.00. The molecule has 33 heavy (non-hydrogen) atoms. The van der Waals surface area contributed by atoms with E-state index in [1.807, 2.05) is 68.4 Å². The minimum atomic E-state index is -3.62. The molecule has 0 unspecified atom stereocenters. The topological polar surface area (TPSA) is 66.5 Å². The molecular weight excluding hydrogens is 432 g/mol. The number of piperidine rings is 1. The Hall–Kier alpha value is -2.96. The van der Waals surface area contributed by atoms with Crippen LogP contribution in [0.4, 0.5) is 0 Å². The zero-order valence-electron chi connectivity index (χ0n) is 19.1. The fourth-order valence-corrected chi connectivity index (χ4v) is 5.78. The van der Waals surface area contributed by atoms with Crippen LogP contribution < -0.4 is 5.32 Å². The summed E-state index contributed by atoms with van der Waals surface area (Å²) < 4.78 is 27.9. The third-order valence-corrected chi connectivity index (χ3v) is 8.12. The van der Waals surface area contributed by atoms with Crippen LogP contribution in [-0.4, -0.2) is 31.7 Å². The van der Waals surface area contributed by atoms with Crippen molar-refractivity contribution < 1.29 is 13.2 Å². The molecule has 6 heteroatoms. The fraction of sp³-hybridized carbons (Fsp3) is 0.296. The van der Waals surface area contributed by atoms with Gasteiger partial charge in [-0.05, 0) is 55.5 Å². The van der Waals surface area contributed by atoms with E-state index in [1.165, 1.54) is 10.4 Å². The van der Waals surface area contributed by atoms with Gasteiger partial charge in [-0.1, -0.05) is 72.6 Å². The molecule has 1 aliphatic rings. The highest BCUT2D eigenvalue weighted by atomic mass is 32.2. The molecule has 0 spiro atoms. The van der Waals surface area contributed by atoms with E-state index in [2.05, 4.69) is 5.32 Å². The maximum atomic E-state index is 13.4. The first-order valence-electron chi connectivity index (χ1n) is 11.4. The number of benzene rings is 3. The fourth-order valence-electron chi connectivity index (χ4n) is 4.23. The normalized spacial score (nSPS) is 15.7. The van der Waals surface area contributed by atoms with Crippen LogP contribution in [0.2, 0.25) is 0 Å². The van der Waals surface area contributed by atoms with Crippen LogP contribution in [0.15, 0.2) is 77.7 Å². The highest BCUT2D eigenvalue weighted by molar-refractivity contribution is 7.89. The van der Waals surface area contributed by atoms with Gasteiger partial charge in [0, 0.05) is 18.7 Å². The molecule has 5 nitrogen and oxygen atoms in total. The highest BCUT2D eigenvalue weighted by Crippen LogP contribution is 2.26. The molecule has 1 aliphatic heterocycles. The van der Waals surface area contributed by atoms with Gasteiger partial charge in [0.25, 0.3) is 5.91 Å². The molecule has 0 bridgehead atoms. The van der Waals surface area contributed by atoms with Gasteiger partial charge < -0.3 is 5.32 Å². The monoisotopic (exact) mass is 462 g/mol. The molecule has 172 valence electrons. The zero-order chi connectivity index (χ0) is 23.4. The molecule has 1 atom stereocenters. The standard InChI is InChI=1S/C27H30N2O3S/c1-20-11-14-23(15-12-20)26(22-9-5-3-6-10-22)28-27(30)25-19-24(16-13-21(25)2)33(31,32)29-17-7-4-8-18-29/h3,5-6,9-16,19,26H,4,7-8,17-18H2,1-2H3,(H,28,30)/t26-/m0/s1. The Bertz CT molecular complexity index is 1220. The van der Waals surface area contributed by atoms with Gasteiger partial charge in [0.1, 0.15) is 0 Å². The molecule has 1 amide bonds. The van der Waals surface area contributed by atoms with Gasteiger partial charge in [0.15, 0.2) is 0 Å². The third kappa shape index (κ3) is 5.18. The van der Waals surface area contributed by atoms with Crippen molar-refractivity contribution in [3.05, 3.63) is 101 Å². The first-order valence-corrected chi connectivity index (χ1v) is 12.8. The average molecular weight is 463 g/mol. The highest BCUT2D eigenvalue weighted by Gasteiger charge is 2.27. The maximum Gasteiger partial charge on any atom is 0.252 e. The number of carbonyl (C=O) groups excluding carboxylic acids is 1. The zero-order valence-corrected chi connectivity index (χ0v) is 19.9. The maximum absolute atomic E-state index is 13.4. The van der Waals surface area contributed by atoms with E-state index >= 15 is 0 Å². The smallest absolute Gasteiger partial charge is 0.252 e. The first kappa shape index (κ1) is 23.2. The molecule has 4 rings (SSSR count). The summed E-state index contributed by atoms with van der Waals surface area (Å²) >= 11 is 0. The summed E-state index contributed by atoms with van der Waals surface area (Å²) in [6.07, 6.45) is 2.79. The number of hydrogen-bond acceptors (Lipinski definition) is 3. The molecule has 1 N–H and O–H groups in total. The molecule has 0 saturated carbocycles. The van der Waals surface area contributed by atoms with Crippen molar-refractivity contribution >= 4 is 15.9 Å². The number of amides is 1. The van der Waals surface area contributed by atoms with E-state index in [0.717, 1.165) is 41.5 Å². The lowest BCUT2D eigenvalue weighted by Crippen LogP contribution is -2.36. The quantitative estimate of drug-likeness (QED) is 0.561. The summed E-state index contributed by atoms with van der Waals surface area (Å²) in [4.78, 5) is 13.6. The van der Waals surface area contributed by atoms with Crippen molar-refractivity contribution in [1.29, 1.82) is 0 Å². The van der Waals surface area contributed by atoms with E-state index in [4.69, 9.17) is 0 Å². The predicted molar refractivity (Wildman–Crippen MR) is 131 cm³/mol. The van der Waals surface area contributed by atoms with E-state index in [-0.39, 0.29) is 16.8 Å². The van der Waals surface area contributed by atoms with Crippen LogP contribution >= 0.6 is 0 Å². The number of rotatable bonds is 6. The van der Waals surface area contributed by atoms with Gasteiger partial charge in [0.2, 0.25) is 10.0 Å². The Morgan fingerprint density at radius 2 is 1.48 bits per heavy atom. The van der Waals surface area contributed by atoms with Crippen molar-refractivity contribution in [3.8, 4) is 0 Å². The van der Waals surface area contributed by atoms with Crippen molar-refractivity contribution in [2.24, 2.45) is 0 Å². The van der Waals surface area contributed by atoms with Gasteiger partial charge >= 0.3 is 0 Å². The van der Waals surface area contributed by atoms with Crippen LogP contribution in [-0.2, 0) is 10.0 Å². The van der Waals surface area contributed by atoms with Gasteiger partial charge in [-0.2, -0.15) is 4.31 Å². The summed E-state index contributed by atoms with van der Waals surface area (Å²) in [6.45, 7) is 4.91. The largest absolute Gasteiger partial charge is 0.341 e. The Morgan fingerprint density at radius 1 is 0.848 bits per heavy atom. The number of aryl methyl sites for hydroxylation is 2. The third-order valence-electron chi connectivity index (χ3n) is 6.23. The van der Waals surface area contributed by atoms with Crippen molar-refractivity contribution in [1.82, 2.24) is 9.62 Å². The Morgan fingerprint density at radius 3 is 2.15 bits per heavy atom. The Kier molecular flexibility index (Phi) is 6.96. The van der Waals surface area contributed by atoms with Gasteiger partial charge in [-0.15, -0.1) is 0 Å². The number of carbonyl (C=O) groups is 1. The number of nitrogens with one attached hydrogen (secondary N) is 1. The summed E-state index contributed by atoms with van der Waals surface area (Å²) in [5.74, 6) is -0.294. The van der Waals surface area contributed by atoms with Crippen molar-refractivity contribution in [2.75, 3.05) is 13.1 Å². The number of nitrogens with zero attached hydrogens (tertiary/aromatic N) is 1. The Balaban J connectivity index is 1.66. The molecular formula is C27H30N2O3S. The minimum absolute atomic E-state index is 0.173. The summed E-state index contributed by atoms with van der Waals surface area (Å²) in [5, 5.41) is 3.14. The molecule has 1 heterocycles. The molecule has 0 aromatic heterocycles. The summed E-state index contributed by atoms with van der Waals surface area (Å²) in [6, 6.07) is 22.4. The van der Waals surface area contributed by atoms with Crippen molar-refractivity contribution in [2.45, 2.75) is 44.0 Å². The van der Waals surface area contributed by atoms with Crippen LogP contribution in [0, 0.1) is 13.8 Å². The van der Waals surface area contributed by atoms with E-state index in [0.29, 0.717) is 18.7 Å². The van der Waals surface area contributed by atoms with Crippen LogP contribution in [0.1, 0.15) is 57.9 Å². The van der Waals surface area contributed by atoms with E-state index in [1.54, 1.807) is 12.1 Å². The first-order chi connectivity index (χ1) is 15.9. The molecule has 1 saturated heterocycles. The van der Waals surface area contributed by atoms with Crippen LogP contribution in [0.5, 0.6) is 0 Å². The second-order valence-electron chi connectivity index (χ2n) is 8.67. The number of sulfonamides is 1. The molecule has 0 aliphatic carbocycles.